The van der Waals surface area contributed by atoms with Crippen LogP contribution in [0.4, 0.5) is 0 Å². The zero-order chi connectivity index (χ0) is 9.19. The Morgan fingerprint density at radius 3 is 2.42 bits per heavy atom. The lowest BCUT2D eigenvalue weighted by Gasteiger charge is -2.30. The highest BCUT2D eigenvalue weighted by Gasteiger charge is 2.33. The fourth-order valence-electron chi connectivity index (χ4n) is 1.68. The minimum atomic E-state index is -0.0741. The van der Waals surface area contributed by atoms with Crippen molar-refractivity contribution in [2.45, 2.75) is 51.7 Å². The molecule has 0 amide bonds. The maximum Gasteiger partial charge on any atom is 0.0782 e. The first-order valence-corrected chi connectivity index (χ1v) is 4.93. The lowest BCUT2D eigenvalue weighted by molar-refractivity contribution is -0.0696. The summed E-state index contributed by atoms with van der Waals surface area (Å²) < 4.78 is 5.81. The number of ether oxygens (including phenoxy) is 1. The molecular weight excluding hydrogens is 150 g/mol. The van der Waals surface area contributed by atoms with Gasteiger partial charge in [-0.3, -0.25) is 0 Å². The monoisotopic (exact) mass is 171 g/mol. The summed E-state index contributed by atoms with van der Waals surface area (Å²) in [7, 11) is 0. The molecule has 12 heavy (non-hydrogen) atoms. The van der Waals surface area contributed by atoms with Crippen molar-refractivity contribution in [3.05, 3.63) is 0 Å². The minimum absolute atomic E-state index is 0.0741. The van der Waals surface area contributed by atoms with Gasteiger partial charge in [-0.1, -0.05) is 12.8 Å². The van der Waals surface area contributed by atoms with Gasteiger partial charge in [0, 0.05) is 6.54 Å². The normalized spacial score (nSPS) is 22.8. The Hall–Kier alpha value is -0.0800. The molecule has 0 radical (unpaired) electrons. The maximum absolute atomic E-state index is 5.81. The molecule has 1 saturated carbocycles. The molecule has 72 valence electrons. The molecule has 0 aromatic carbocycles. The first-order chi connectivity index (χ1) is 5.56. The van der Waals surface area contributed by atoms with E-state index in [1.54, 1.807) is 0 Å². The van der Waals surface area contributed by atoms with Crippen molar-refractivity contribution in [1.82, 2.24) is 0 Å². The van der Waals surface area contributed by atoms with Crippen molar-refractivity contribution in [3.8, 4) is 0 Å². The summed E-state index contributed by atoms with van der Waals surface area (Å²) in [4.78, 5) is 0. The predicted octanol–water partition coefficient (Wildman–Crippen LogP) is 1.93. The minimum Gasteiger partial charge on any atom is -0.371 e. The first kappa shape index (κ1) is 10.0. The highest BCUT2D eigenvalue weighted by atomic mass is 16.5. The van der Waals surface area contributed by atoms with E-state index in [9.17, 15) is 0 Å². The Kier molecular flexibility index (Phi) is 3.13. The van der Waals surface area contributed by atoms with Crippen LogP contribution in [0.15, 0.2) is 0 Å². The van der Waals surface area contributed by atoms with Crippen LogP contribution in [0.3, 0.4) is 0 Å². The molecule has 1 atom stereocenters. The van der Waals surface area contributed by atoms with E-state index in [4.69, 9.17) is 10.5 Å². The quantitative estimate of drug-likeness (QED) is 0.686. The lowest BCUT2D eigenvalue weighted by atomic mass is 9.99. The largest absolute Gasteiger partial charge is 0.371 e. The van der Waals surface area contributed by atoms with Gasteiger partial charge in [0.1, 0.15) is 0 Å². The summed E-state index contributed by atoms with van der Waals surface area (Å²) in [6.45, 7) is 6.91. The van der Waals surface area contributed by atoms with Crippen LogP contribution in [0.5, 0.6) is 0 Å². The molecule has 1 unspecified atom stereocenters. The predicted molar refractivity (Wildman–Crippen MR) is 51.0 cm³/mol. The van der Waals surface area contributed by atoms with Crippen molar-refractivity contribution in [1.29, 1.82) is 0 Å². The number of hydrogen-bond donors (Lipinski definition) is 1. The molecule has 1 aliphatic rings. The van der Waals surface area contributed by atoms with Gasteiger partial charge in [-0.15, -0.1) is 0 Å². The van der Waals surface area contributed by atoms with Gasteiger partial charge >= 0.3 is 0 Å². The summed E-state index contributed by atoms with van der Waals surface area (Å²) >= 11 is 0. The second-order valence-electron chi connectivity index (χ2n) is 4.47. The summed E-state index contributed by atoms with van der Waals surface area (Å²) in [6.07, 6.45) is 4.17. The molecule has 0 bridgehead atoms. The molecule has 1 aliphatic carbocycles. The van der Waals surface area contributed by atoms with E-state index in [2.05, 4.69) is 20.8 Å². The molecule has 0 aromatic rings. The Morgan fingerprint density at radius 1 is 1.50 bits per heavy atom. The maximum atomic E-state index is 5.81. The van der Waals surface area contributed by atoms with Gasteiger partial charge in [-0.2, -0.15) is 0 Å². The third kappa shape index (κ3) is 3.11. The standard InChI is InChI=1S/C10H21NO/c1-8(2)12-10(3,7-11)6-9-4-5-9/h8-9H,4-7,11H2,1-3H3. The molecular formula is C10H21NO. The molecule has 0 aliphatic heterocycles. The van der Waals surface area contributed by atoms with Gasteiger partial charge in [0.15, 0.2) is 0 Å². The molecule has 2 N–H and O–H groups in total. The average molecular weight is 171 g/mol. The van der Waals surface area contributed by atoms with E-state index < -0.39 is 0 Å². The Morgan fingerprint density at radius 2 is 2.08 bits per heavy atom. The molecule has 2 heteroatoms. The number of nitrogens with two attached hydrogens (primary N) is 1. The molecule has 1 fully saturated rings. The van der Waals surface area contributed by atoms with Gasteiger partial charge in [-0.25, -0.2) is 0 Å². The van der Waals surface area contributed by atoms with E-state index in [-0.39, 0.29) is 11.7 Å². The Bertz CT molecular complexity index is 137. The molecule has 0 aromatic heterocycles. The number of hydrogen-bond acceptors (Lipinski definition) is 2. The summed E-state index contributed by atoms with van der Waals surface area (Å²) in [6, 6.07) is 0. The second-order valence-corrected chi connectivity index (χ2v) is 4.47. The van der Waals surface area contributed by atoms with Crippen molar-refractivity contribution < 1.29 is 4.74 Å². The average Bonchev–Trinajstić information content (AvgIpc) is 2.70. The summed E-state index contributed by atoms with van der Waals surface area (Å²) in [5.74, 6) is 0.886. The fourth-order valence-corrected chi connectivity index (χ4v) is 1.68. The third-order valence-electron chi connectivity index (χ3n) is 2.37. The first-order valence-electron chi connectivity index (χ1n) is 4.93. The topological polar surface area (TPSA) is 35.2 Å². The van der Waals surface area contributed by atoms with E-state index >= 15 is 0 Å². The Labute approximate surface area is 75.5 Å². The van der Waals surface area contributed by atoms with Gasteiger partial charge in [-0.05, 0) is 33.1 Å². The van der Waals surface area contributed by atoms with Crippen LogP contribution in [-0.2, 0) is 4.74 Å². The molecule has 0 heterocycles. The molecule has 0 saturated heterocycles. The summed E-state index contributed by atoms with van der Waals surface area (Å²) in [5.41, 5.74) is 5.63. The van der Waals surface area contributed by atoms with Crippen LogP contribution in [0.1, 0.15) is 40.0 Å². The highest BCUT2D eigenvalue weighted by molar-refractivity contribution is 4.86. The van der Waals surface area contributed by atoms with E-state index in [0.717, 1.165) is 12.3 Å². The van der Waals surface area contributed by atoms with Crippen LogP contribution in [-0.4, -0.2) is 18.2 Å². The van der Waals surface area contributed by atoms with Crippen LogP contribution in [0.25, 0.3) is 0 Å². The van der Waals surface area contributed by atoms with E-state index in [1.165, 1.54) is 12.8 Å². The number of rotatable bonds is 5. The van der Waals surface area contributed by atoms with Crippen molar-refractivity contribution in [2.75, 3.05) is 6.54 Å². The van der Waals surface area contributed by atoms with E-state index in [0.29, 0.717) is 6.54 Å². The molecule has 1 rings (SSSR count). The van der Waals surface area contributed by atoms with Gasteiger partial charge < -0.3 is 10.5 Å². The zero-order valence-corrected chi connectivity index (χ0v) is 8.47. The highest BCUT2D eigenvalue weighted by Crippen LogP contribution is 2.38. The van der Waals surface area contributed by atoms with E-state index in [1.807, 2.05) is 0 Å². The van der Waals surface area contributed by atoms with Gasteiger partial charge in [0.2, 0.25) is 0 Å². The second kappa shape index (κ2) is 3.75. The Balaban J connectivity index is 2.36. The fraction of sp³-hybridized carbons (Fsp3) is 1.00. The third-order valence-corrected chi connectivity index (χ3v) is 2.37. The van der Waals surface area contributed by atoms with Crippen molar-refractivity contribution >= 4 is 0 Å². The van der Waals surface area contributed by atoms with Gasteiger partial charge in [0.05, 0.1) is 11.7 Å². The smallest absolute Gasteiger partial charge is 0.0782 e. The van der Waals surface area contributed by atoms with Crippen LogP contribution in [0, 0.1) is 5.92 Å². The van der Waals surface area contributed by atoms with Gasteiger partial charge in [0.25, 0.3) is 0 Å². The molecule has 0 spiro atoms. The lowest BCUT2D eigenvalue weighted by Crippen LogP contribution is -2.40. The SMILES string of the molecule is CC(C)OC(C)(CN)CC1CC1. The zero-order valence-electron chi connectivity index (χ0n) is 8.47. The van der Waals surface area contributed by atoms with Crippen LogP contribution in [0.2, 0.25) is 0 Å². The summed E-state index contributed by atoms with van der Waals surface area (Å²) in [5, 5.41) is 0. The molecule has 2 nitrogen and oxygen atoms in total. The van der Waals surface area contributed by atoms with Crippen LogP contribution >= 0.6 is 0 Å². The van der Waals surface area contributed by atoms with Crippen molar-refractivity contribution in [2.24, 2.45) is 11.7 Å². The van der Waals surface area contributed by atoms with Crippen LogP contribution < -0.4 is 5.73 Å². The van der Waals surface area contributed by atoms with Crippen molar-refractivity contribution in [3.63, 3.8) is 0 Å².